The van der Waals surface area contributed by atoms with Gasteiger partial charge < -0.3 is 16.0 Å². The molecule has 0 spiro atoms. The highest BCUT2D eigenvalue weighted by molar-refractivity contribution is 14.0. The molecule has 1 unspecified atom stereocenters. The second kappa shape index (κ2) is 7.14. The van der Waals surface area contributed by atoms with Gasteiger partial charge in [0.05, 0.1) is 25.0 Å². The number of carbonyl (C=O) groups is 1. The van der Waals surface area contributed by atoms with E-state index in [0.717, 1.165) is 6.54 Å². The van der Waals surface area contributed by atoms with Gasteiger partial charge in [0.25, 0.3) is 0 Å². The van der Waals surface area contributed by atoms with Crippen molar-refractivity contribution in [3.8, 4) is 0 Å². The molecule has 1 atom stereocenters. The molecule has 18 heavy (non-hydrogen) atoms. The molecule has 0 fully saturated rings. The van der Waals surface area contributed by atoms with E-state index in [1.807, 2.05) is 6.92 Å². The molecule has 98 valence electrons. The fourth-order valence-corrected chi connectivity index (χ4v) is 1.47. The molecule has 0 saturated heterocycles. The minimum atomic E-state index is -0.123. The molecule has 1 aromatic rings. The molecule has 1 amide bonds. The number of hydrogen-bond donors (Lipinski definition) is 3. The van der Waals surface area contributed by atoms with Gasteiger partial charge in [-0.2, -0.15) is 0 Å². The number of pyridine rings is 1. The Kier molecular flexibility index (Phi) is 5.83. The van der Waals surface area contributed by atoms with Gasteiger partial charge in [-0.15, -0.1) is 24.0 Å². The lowest BCUT2D eigenvalue weighted by Crippen LogP contribution is -2.41. The normalized spacial score (nSPS) is 17.2. The van der Waals surface area contributed by atoms with Crippen molar-refractivity contribution in [2.45, 2.75) is 13.0 Å². The average Bonchev–Trinajstić information content (AvgIpc) is 2.74. The van der Waals surface area contributed by atoms with E-state index in [9.17, 15) is 4.79 Å². The molecular weight excluding hydrogens is 345 g/mol. The second-order valence-corrected chi connectivity index (χ2v) is 3.88. The van der Waals surface area contributed by atoms with Crippen molar-refractivity contribution < 1.29 is 4.79 Å². The zero-order chi connectivity index (χ0) is 12.1. The first-order chi connectivity index (χ1) is 8.24. The lowest BCUT2D eigenvalue weighted by Gasteiger charge is -2.09. The minimum Gasteiger partial charge on any atom is -0.352 e. The van der Waals surface area contributed by atoms with Gasteiger partial charge in [-0.3, -0.25) is 14.8 Å². The Bertz CT molecular complexity index is 423. The third-order valence-electron chi connectivity index (χ3n) is 2.27. The highest BCUT2D eigenvalue weighted by Gasteiger charge is 2.12. The van der Waals surface area contributed by atoms with Crippen molar-refractivity contribution in [1.29, 1.82) is 0 Å². The molecule has 1 aromatic heterocycles. The van der Waals surface area contributed by atoms with Crippen LogP contribution in [0.2, 0.25) is 0 Å². The summed E-state index contributed by atoms with van der Waals surface area (Å²) in [6.45, 7) is 2.97. The van der Waals surface area contributed by atoms with Crippen molar-refractivity contribution in [3.63, 3.8) is 0 Å². The summed E-state index contributed by atoms with van der Waals surface area (Å²) >= 11 is 0. The topological polar surface area (TPSA) is 78.4 Å². The van der Waals surface area contributed by atoms with Crippen LogP contribution in [0.3, 0.4) is 0 Å². The highest BCUT2D eigenvalue weighted by atomic mass is 127. The van der Waals surface area contributed by atoms with Gasteiger partial charge in [0.1, 0.15) is 0 Å². The van der Waals surface area contributed by atoms with Gasteiger partial charge in [-0.25, -0.2) is 0 Å². The van der Waals surface area contributed by atoms with E-state index in [1.165, 1.54) is 0 Å². The number of anilines is 1. The van der Waals surface area contributed by atoms with Gasteiger partial charge in [0.2, 0.25) is 5.91 Å². The Balaban J connectivity index is 0.00000162. The van der Waals surface area contributed by atoms with Crippen LogP contribution in [0.15, 0.2) is 29.5 Å². The van der Waals surface area contributed by atoms with E-state index in [4.69, 9.17) is 0 Å². The monoisotopic (exact) mass is 361 g/mol. The number of carbonyl (C=O) groups excluding carboxylic acids is 1. The number of hydrogen-bond acceptors (Lipinski definition) is 5. The number of aromatic nitrogens is 1. The molecule has 7 heteroatoms. The number of amides is 1. The smallest absolute Gasteiger partial charge is 0.243 e. The van der Waals surface area contributed by atoms with Crippen molar-refractivity contribution >= 4 is 41.5 Å². The maximum atomic E-state index is 11.6. The third kappa shape index (κ3) is 4.47. The number of rotatable bonds is 3. The van der Waals surface area contributed by atoms with Gasteiger partial charge in [-0.1, -0.05) is 0 Å². The van der Waals surface area contributed by atoms with Crippen molar-refractivity contribution in [1.82, 2.24) is 15.6 Å². The van der Waals surface area contributed by atoms with E-state index in [0.29, 0.717) is 17.7 Å². The first kappa shape index (κ1) is 14.7. The van der Waals surface area contributed by atoms with E-state index >= 15 is 0 Å². The van der Waals surface area contributed by atoms with Crippen LogP contribution in [0, 0.1) is 0 Å². The highest BCUT2D eigenvalue weighted by Crippen LogP contribution is 2.01. The van der Waals surface area contributed by atoms with Crippen LogP contribution in [0.5, 0.6) is 0 Å². The Morgan fingerprint density at radius 2 is 2.44 bits per heavy atom. The average molecular weight is 361 g/mol. The predicted octanol–water partition coefficient (Wildman–Crippen LogP) is 0.575. The third-order valence-corrected chi connectivity index (χ3v) is 2.27. The summed E-state index contributed by atoms with van der Waals surface area (Å²) in [5.41, 5.74) is 0.689. The molecule has 1 aliphatic heterocycles. The summed E-state index contributed by atoms with van der Waals surface area (Å²) in [6, 6.07) is 3.89. The molecule has 0 aliphatic carbocycles. The lowest BCUT2D eigenvalue weighted by molar-refractivity contribution is -0.115. The zero-order valence-electron chi connectivity index (χ0n) is 10.0. The van der Waals surface area contributed by atoms with E-state index in [2.05, 4.69) is 25.9 Å². The maximum absolute atomic E-state index is 11.6. The Hall–Kier alpha value is -1.38. The minimum absolute atomic E-state index is 0. The van der Waals surface area contributed by atoms with E-state index in [-0.39, 0.29) is 36.4 Å². The molecule has 2 rings (SSSR count). The van der Waals surface area contributed by atoms with Crippen LogP contribution < -0.4 is 16.0 Å². The zero-order valence-corrected chi connectivity index (χ0v) is 12.3. The number of nitrogens with one attached hydrogen (secondary N) is 3. The summed E-state index contributed by atoms with van der Waals surface area (Å²) in [4.78, 5) is 19.7. The van der Waals surface area contributed by atoms with Gasteiger partial charge >= 0.3 is 0 Å². The first-order valence-electron chi connectivity index (χ1n) is 5.49. The van der Waals surface area contributed by atoms with E-state index in [1.54, 1.807) is 24.5 Å². The summed E-state index contributed by atoms with van der Waals surface area (Å²) < 4.78 is 0. The molecule has 6 nitrogen and oxygen atoms in total. The summed E-state index contributed by atoms with van der Waals surface area (Å²) in [7, 11) is 0. The molecule has 3 N–H and O–H groups in total. The lowest BCUT2D eigenvalue weighted by atomic mass is 10.4. The molecule has 2 heterocycles. The Labute approximate surface area is 123 Å². The number of guanidine groups is 1. The van der Waals surface area contributed by atoms with Crippen LogP contribution in [0.25, 0.3) is 0 Å². The molecule has 0 saturated carbocycles. The summed E-state index contributed by atoms with van der Waals surface area (Å²) in [5, 5.41) is 8.79. The van der Waals surface area contributed by atoms with Crippen LogP contribution in [-0.4, -0.2) is 36.0 Å². The van der Waals surface area contributed by atoms with Crippen LogP contribution in [0.1, 0.15) is 6.92 Å². The fourth-order valence-electron chi connectivity index (χ4n) is 1.47. The number of aliphatic imine (C=N–C) groups is 1. The summed E-state index contributed by atoms with van der Waals surface area (Å²) in [6.07, 6.45) is 3.26. The molecule has 1 aliphatic rings. The Morgan fingerprint density at radius 1 is 1.61 bits per heavy atom. The van der Waals surface area contributed by atoms with E-state index < -0.39 is 0 Å². The standard InChI is InChI=1S/C11H15N5O.HI/c1-8-5-13-11(15-8)14-7-10(17)16-9-3-2-4-12-6-9;/h2-4,6,8H,5,7H2,1H3,(H,16,17)(H2,13,14,15);1H. The van der Waals surface area contributed by atoms with Gasteiger partial charge in [-0.05, 0) is 19.1 Å². The van der Waals surface area contributed by atoms with Crippen LogP contribution in [-0.2, 0) is 4.79 Å². The molecule has 0 radical (unpaired) electrons. The molecule has 0 bridgehead atoms. The second-order valence-electron chi connectivity index (χ2n) is 3.88. The first-order valence-corrected chi connectivity index (χ1v) is 5.49. The van der Waals surface area contributed by atoms with Gasteiger partial charge in [0, 0.05) is 12.2 Å². The fraction of sp³-hybridized carbons (Fsp3) is 0.364. The quantitative estimate of drug-likeness (QED) is 0.689. The maximum Gasteiger partial charge on any atom is 0.243 e. The van der Waals surface area contributed by atoms with Crippen molar-refractivity contribution in [2.75, 3.05) is 18.4 Å². The summed E-state index contributed by atoms with van der Waals surface area (Å²) in [5.74, 6) is 0.556. The van der Waals surface area contributed by atoms with Crippen molar-refractivity contribution in [3.05, 3.63) is 24.5 Å². The number of nitrogens with zero attached hydrogens (tertiary/aromatic N) is 2. The van der Waals surface area contributed by atoms with Gasteiger partial charge in [0.15, 0.2) is 5.96 Å². The number of halogens is 1. The van der Waals surface area contributed by atoms with Crippen LogP contribution >= 0.6 is 24.0 Å². The molecule has 0 aromatic carbocycles. The largest absolute Gasteiger partial charge is 0.352 e. The Morgan fingerprint density at radius 3 is 3.06 bits per heavy atom. The predicted molar refractivity (Wildman–Crippen MR) is 81.2 cm³/mol. The van der Waals surface area contributed by atoms with Crippen LogP contribution in [0.4, 0.5) is 5.69 Å². The van der Waals surface area contributed by atoms with Crippen molar-refractivity contribution in [2.24, 2.45) is 4.99 Å². The SMILES string of the molecule is CC1CN=C(NCC(=O)Nc2cccnc2)N1.I. The molecular formula is C11H16IN5O.